The molecule has 0 spiro atoms. The molecule has 0 bridgehead atoms. The van der Waals surface area contributed by atoms with E-state index in [0.29, 0.717) is 13.2 Å². The summed E-state index contributed by atoms with van der Waals surface area (Å²) in [5.74, 6) is -0.723. The van der Waals surface area contributed by atoms with Crippen LogP contribution in [0.2, 0.25) is 0 Å². The summed E-state index contributed by atoms with van der Waals surface area (Å²) >= 11 is 0. The fraction of sp³-hybridized carbons (Fsp3) is 0.818. The number of carbonyl (C=O) groups excluding carboxylic acids is 2. The van der Waals surface area contributed by atoms with Crippen molar-refractivity contribution in [2.24, 2.45) is 5.41 Å². The van der Waals surface area contributed by atoms with Crippen LogP contribution in [0.1, 0.15) is 34.1 Å². The van der Waals surface area contributed by atoms with Crippen molar-refractivity contribution < 1.29 is 19.1 Å². The molecule has 15 heavy (non-hydrogen) atoms. The van der Waals surface area contributed by atoms with Gasteiger partial charge in [0, 0.05) is 0 Å². The van der Waals surface area contributed by atoms with Crippen LogP contribution in [0.5, 0.6) is 0 Å². The van der Waals surface area contributed by atoms with Gasteiger partial charge in [0.1, 0.15) is 13.0 Å². The molecule has 0 rings (SSSR count). The van der Waals surface area contributed by atoms with Crippen molar-refractivity contribution in [2.75, 3.05) is 19.8 Å². The lowest BCUT2D eigenvalue weighted by molar-refractivity contribution is -0.146. The Morgan fingerprint density at radius 3 is 2.27 bits per heavy atom. The van der Waals surface area contributed by atoms with Crippen LogP contribution in [0.15, 0.2) is 0 Å². The first-order valence-corrected chi connectivity index (χ1v) is 5.10. The normalized spacial score (nSPS) is 11.2. The van der Waals surface area contributed by atoms with E-state index < -0.39 is 5.97 Å². The van der Waals surface area contributed by atoms with Crippen LogP contribution >= 0.6 is 0 Å². The first-order chi connectivity index (χ1) is 6.85. The molecule has 88 valence electrons. The van der Waals surface area contributed by atoms with Gasteiger partial charge in [-0.15, -0.1) is 0 Å². The molecular formula is C11H20O4. The van der Waals surface area contributed by atoms with Crippen molar-refractivity contribution in [1.82, 2.24) is 0 Å². The highest BCUT2D eigenvalue weighted by Crippen LogP contribution is 2.12. The van der Waals surface area contributed by atoms with E-state index in [1.54, 1.807) is 6.92 Å². The maximum atomic E-state index is 11.2. The summed E-state index contributed by atoms with van der Waals surface area (Å²) in [5.41, 5.74) is 0.0320. The molecule has 0 radical (unpaired) electrons. The van der Waals surface area contributed by atoms with Crippen LogP contribution in [0.25, 0.3) is 0 Å². The Balaban J connectivity index is 3.62. The maximum Gasteiger partial charge on any atom is 0.313 e. The largest absolute Gasteiger partial charge is 0.466 e. The van der Waals surface area contributed by atoms with Gasteiger partial charge in [0.2, 0.25) is 0 Å². The molecule has 0 aliphatic carbocycles. The van der Waals surface area contributed by atoms with Gasteiger partial charge in [0.05, 0.1) is 13.2 Å². The van der Waals surface area contributed by atoms with Crippen molar-refractivity contribution >= 4 is 11.8 Å². The Morgan fingerprint density at radius 2 is 1.80 bits per heavy atom. The predicted molar refractivity (Wildman–Crippen MR) is 56.5 cm³/mol. The number of ether oxygens (including phenoxy) is 2. The van der Waals surface area contributed by atoms with Crippen molar-refractivity contribution in [3.05, 3.63) is 0 Å². The molecule has 0 aromatic carbocycles. The van der Waals surface area contributed by atoms with E-state index in [9.17, 15) is 9.59 Å². The molecule has 0 saturated heterocycles. The zero-order valence-electron chi connectivity index (χ0n) is 9.96. The molecule has 4 heteroatoms. The summed E-state index contributed by atoms with van der Waals surface area (Å²) in [6, 6.07) is 0. The zero-order valence-corrected chi connectivity index (χ0v) is 9.96. The molecule has 0 heterocycles. The molecule has 0 unspecified atom stereocenters. The average Bonchev–Trinajstić information content (AvgIpc) is 2.01. The van der Waals surface area contributed by atoms with Gasteiger partial charge >= 0.3 is 5.97 Å². The molecule has 0 aromatic heterocycles. The summed E-state index contributed by atoms with van der Waals surface area (Å²) in [5, 5.41) is 0. The van der Waals surface area contributed by atoms with E-state index in [4.69, 9.17) is 4.74 Å². The van der Waals surface area contributed by atoms with Crippen LogP contribution in [-0.2, 0) is 19.1 Å². The van der Waals surface area contributed by atoms with E-state index in [0.717, 1.165) is 0 Å². The SMILES string of the molecule is CCOC(=O)CC(=O)COCC(C)(C)C. The smallest absolute Gasteiger partial charge is 0.313 e. The van der Waals surface area contributed by atoms with Gasteiger partial charge in [-0.1, -0.05) is 20.8 Å². The Hall–Kier alpha value is -0.900. The molecule has 0 aliphatic heterocycles. The molecule has 0 saturated carbocycles. The van der Waals surface area contributed by atoms with E-state index in [2.05, 4.69) is 4.74 Å². The van der Waals surface area contributed by atoms with Gasteiger partial charge in [-0.2, -0.15) is 0 Å². The summed E-state index contributed by atoms with van der Waals surface area (Å²) in [7, 11) is 0. The Kier molecular flexibility index (Phi) is 6.17. The fourth-order valence-electron chi connectivity index (χ4n) is 0.895. The minimum absolute atomic E-state index is 0.0178. The number of esters is 1. The van der Waals surface area contributed by atoms with E-state index in [1.165, 1.54) is 0 Å². The third kappa shape index (κ3) is 9.41. The van der Waals surface area contributed by atoms with Crippen molar-refractivity contribution in [2.45, 2.75) is 34.1 Å². The maximum absolute atomic E-state index is 11.2. The van der Waals surface area contributed by atoms with Gasteiger partial charge in [-0.05, 0) is 12.3 Å². The van der Waals surface area contributed by atoms with E-state index in [1.807, 2.05) is 20.8 Å². The Labute approximate surface area is 90.9 Å². The summed E-state index contributed by atoms with van der Waals surface area (Å²) in [6.45, 7) is 8.54. The number of hydrogen-bond donors (Lipinski definition) is 0. The third-order valence-corrected chi connectivity index (χ3v) is 1.44. The van der Waals surface area contributed by atoms with E-state index in [-0.39, 0.29) is 24.2 Å². The minimum atomic E-state index is -0.484. The highest BCUT2D eigenvalue weighted by atomic mass is 16.5. The molecule has 0 fully saturated rings. The second kappa shape index (κ2) is 6.56. The van der Waals surface area contributed by atoms with Gasteiger partial charge in [-0.25, -0.2) is 0 Å². The summed E-state index contributed by atoms with van der Waals surface area (Å²) < 4.78 is 9.83. The monoisotopic (exact) mass is 216 g/mol. The Bertz CT molecular complexity index is 215. The second-order valence-electron chi connectivity index (χ2n) is 4.57. The molecule has 0 aliphatic rings. The number of Topliss-reactive ketones (excluding diaryl/α,β-unsaturated/α-hetero) is 1. The molecule has 4 nitrogen and oxygen atoms in total. The lowest BCUT2D eigenvalue weighted by Gasteiger charge is -2.17. The summed E-state index contributed by atoms with van der Waals surface area (Å²) in [6.07, 6.45) is -0.196. The second-order valence-corrected chi connectivity index (χ2v) is 4.57. The van der Waals surface area contributed by atoms with Gasteiger partial charge in [0.15, 0.2) is 5.78 Å². The predicted octanol–water partition coefficient (Wildman–Crippen LogP) is 1.57. The molecule has 0 N–H and O–H groups in total. The average molecular weight is 216 g/mol. The zero-order chi connectivity index (χ0) is 11.9. The van der Waals surface area contributed by atoms with Crippen LogP contribution in [-0.4, -0.2) is 31.6 Å². The van der Waals surface area contributed by atoms with Crippen LogP contribution in [0.3, 0.4) is 0 Å². The first kappa shape index (κ1) is 14.1. The van der Waals surface area contributed by atoms with Crippen molar-refractivity contribution in [3.8, 4) is 0 Å². The third-order valence-electron chi connectivity index (χ3n) is 1.44. The molecule has 0 amide bonds. The lowest BCUT2D eigenvalue weighted by Crippen LogP contribution is -2.20. The minimum Gasteiger partial charge on any atom is -0.466 e. The topological polar surface area (TPSA) is 52.6 Å². The van der Waals surface area contributed by atoms with Crippen LogP contribution in [0, 0.1) is 5.41 Å². The molecular weight excluding hydrogens is 196 g/mol. The molecule has 0 atom stereocenters. The van der Waals surface area contributed by atoms with Crippen molar-refractivity contribution in [3.63, 3.8) is 0 Å². The number of rotatable bonds is 6. The van der Waals surface area contributed by atoms with Gasteiger partial charge in [-0.3, -0.25) is 9.59 Å². The standard InChI is InChI=1S/C11H20O4/c1-5-15-10(13)6-9(12)7-14-8-11(2,3)4/h5-8H2,1-4H3. The quantitative estimate of drug-likeness (QED) is 0.499. The number of hydrogen-bond acceptors (Lipinski definition) is 4. The van der Waals surface area contributed by atoms with Gasteiger partial charge in [0.25, 0.3) is 0 Å². The first-order valence-electron chi connectivity index (χ1n) is 5.10. The number of ketones is 1. The van der Waals surface area contributed by atoms with Crippen LogP contribution < -0.4 is 0 Å². The van der Waals surface area contributed by atoms with E-state index >= 15 is 0 Å². The van der Waals surface area contributed by atoms with Gasteiger partial charge < -0.3 is 9.47 Å². The Morgan fingerprint density at radius 1 is 1.20 bits per heavy atom. The highest BCUT2D eigenvalue weighted by molar-refractivity contribution is 5.96. The summed E-state index contributed by atoms with van der Waals surface area (Å²) in [4.78, 5) is 22.1. The lowest BCUT2D eigenvalue weighted by atomic mass is 9.99. The molecule has 0 aromatic rings. The fourth-order valence-corrected chi connectivity index (χ4v) is 0.895. The number of carbonyl (C=O) groups is 2. The van der Waals surface area contributed by atoms with Crippen molar-refractivity contribution in [1.29, 1.82) is 0 Å². The van der Waals surface area contributed by atoms with Crippen LogP contribution in [0.4, 0.5) is 0 Å². The highest BCUT2D eigenvalue weighted by Gasteiger charge is 2.13.